The first-order valence-electron chi connectivity index (χ1n) is 6.52. The first kappa shape index (κ1) is 16.9. The van der Waals surface area contributed by atoms with Crippen molar-refractivity contribution in [3.63, 3.8) is 0 Å². The van der Waals surface area contributed by atoms with Gasteiger partial charge in [-0.3, -0.25) is 0 Å². The van der Waals surface area contributed by atoms with Gasteiger partial charge in [-0.25, -0.2) is 25.9 Å². The van der Waals surface area contributed by atoms with Gasteiger partial charge in [0.25, 0.3) is 0 Å². The summed E-state index contributed by atoms with van der Waals surface area (Å²) in [6.07, 6.45) is 2.62. The molecule has 0 radical (unpaired) electrons. The minimum Gasteiger partial charge on any atom is -0.215 e. The summed E-state index contributed by atoms with van der Waals surface area (Å²) in [5.41, 5.74) is 0. The maximum atomic E-state index is 11.7. The van der Waals surface area contributed by atoms with E-state index >= 15 is 0 Å². The molecule has 1 aliphatic rings. The van der Waals surface area contributed by atoms with Crippen molar-refractivity contribution in [1.29, 1.82) is 0 Å². The van der Waals surface area contributed by atoms with E-state index < -0.39 is 20.0 Å². The Morgan fingerprint density at radius 3 is 2.11 bits per heavy atom. The van der Waals surface area contributed by atoms with Crippen LogP contribution in [0.3, 0.4) is 0 Å². The van der Waals surface area contributed by atoms with Gasteiger partial charge in [-0.1, -0.05) is 13.8 Å². The van der Waals surface area contributed by atoms with E-state index in [1.165, 1.54) is 10.6 Å². The molecule has 19 heavy (non-hydrogen) atoms. The highest BCUT2D eigenvalue weighted by molar-refractivity contribution is 7.89. The van der Waals surface area contributed by atoms with E-state index in [2.05, 4.69) is 4.72 Å². The summed E-state index contributed by atoms with van der Waals surface area (Å²) < 4.78 is 50.1. The third-order valence-corrected chi connectivity index (χ3v) is 6.20. The minimum absolute atomic E-state index is 0.101. The molecule has 0 aromatic rings. The molecule has 1 heterocycles. The maximum Gasteiger partial charge on any atom is 0.211 e. The molecular weight excluding hydrogens is 288 g/mol. The number of nitrogens with zero attached hydrogens (tertiary/aromatic N) is 1. The summed E-state index contributed by atoms with van der Waals surface area (Å²) in [5, 5.41) is 0. The SMILES string of the molecule is CC(C)CS(=O)(=O)NCC1CCN(S(C)(=O)=O)CC1. The van der Waals surface area contributed by atoms with E-state index in [-0.39, 0.29) is 17.6 Å². The van der Waals surface area contributed by atoms with Crippen molar-refractivity contribution < 1.29 is 16.8 Å². The van der Waals surface area contributed by atoms with E-state index in [0.29, 0.717) is 32.5 Å². The maximum absolute atomic E-state index is 11.7. The Balaban J connectivity index is 2.38. The zero-order valence-corrected chi connectivity index (χ0v) is 13.4. The Hall–Kier alpha value is -0.180. The summed E-state index contributed by atoms with van der Waals surface area (Å²) in [4.78, 5) is 0. The van der Waals surface area contributed by atoms with E-state index in [0.717, 1.165) is 0 Å². The largest absolute Gasteiger partial charge is 0.215 e. The molecule has 0 bridgehead atoms. The number of hydrogen-bond donors (Lipinski definition) is 1. The van der Waals surface area contributed by atoms with Gasteiger partial charge in [-0.2, -0.15) is 0 Å². The van der Waals surface area contributed by atoms with Gasteiger partial charge in [0.2, 0.25) is 20.0 Å². The van der Waals surface area contributed by atoms with Crippen molar-refractivity contribution >= 4 is 20.0 Å². The quantitative estimate of drug-likeness (QED) is 0.761. The average Bonchev–Trinajstić information content (AvgIpc) is 2.24. The van der Waals surface area contributed by atoms with Crippen LogP contribution in [-0.2, 0) is 20.0 Å². The van der Waals surface area contributed by atoms with Gasteiger partial charge < -0.3 is 0 Å². The summed E-state index contributed by atoms with van der Waals surface area (Å²) in [7, 11) is -6.32. The van der Waals surface area contributed by atoms with Crippen LogP contribution in [0, 0.1) is 11.8 Å². The first-order valence-corrected chi connectivity index (χ1v) is 10.0. The van der Waals surface area contributed by atoms with Gasteiger partial charge in [0.15, 0.2) is 0 Å². The molecule has 0 amide bonds. The highest BCUT2D eigenvalue weighted by Crippen LogP contribution is 2.18. The van der Waals surface area contributed by atoms with Gasteiger partial charge in [-0.05, 0) is 24.7 Å². The van der Waals surface area contributed by atoms with Crippen LogP contribution in [0.1, 0.15) is 26.7 Å². The lowest BCUT2D eigenvalue weighted by Crippen LogP contribution is -2.41. The lowest BCUT2D eigenvalue weighted by Gasteiger charge is -2.30. The van der Waals surface area contributed by atoms with Crippen LogP contribution in [0.2, 0.25) is 0 Å². The Morgan fingerprint density at radius 1 is 1.16 bits per heavy atom. The summed E-state index contributed by atoms with van der Waals surface area (Å²) >= 11 is 0. The third-order valence-electron chi connectivity index (χ3n) is 3.19. The fourth-order valence-corrected chi connectivity index (χ4v) is 4.55. The van der Waals surface area contributed by atoms with Crippen LogP contribution in [0.15, 0.2) is 0 Å². The molecule has 1 saturated heterocycles. The predicted octanol–water partition coefficient (Wildman–Crippen LogP) is 0.233. The lowest BCUT2D eigenvalue weighted by atomic mass is 9.99. The van der Waals surface area contributed by atoms with Crippen LogP contribution in [-0.4, -0.2) is 52.8 Å². The number of rotatable bonds is 6. The average molecular weight is 312 g/mol. The zero-order valence-electron chi connectivity index (χ0n) is 11.8. The third kappa shape index (κ3) is 6.20. The summed E-state index contributed by atoms with van der Waals surface area (Å²) in [5.74, 6) is 0.458. The molecule has 6 nitrogen and oxygen atoms in total. The minimum atomic E-state index is -3.20. The summed E-state index contributed by atoms with van der Waals surface area (Å²) in [6, 6.07) is 0. The van der Waals surface area contributed by atoms with E-state index in [9.17, 15) is 16.8 Å². The van der Waals surface area contributed by atoms with Gasteiger partial charge in [0, 0.05) is 19.6 Å². The van der Waals surface area contributed by atoms with Gasteiger partial charge in [0.1, 0.15) is 0 Å². The number of hydrogen-bond acceptors (Lipinski definition) is 4. The zero-order chi connectivity index (χ0) is 14.7. The molecule has 0 aromatic heterocycles. The molecule has 0 aliphatic carbocycles. The van der Waals surface area contributed by atoms with Crippen molar-refractivity contribution in [1.82, 2.24) is 9.03 Å². The first-order chi connectivity index (χ1) is 8.60. The van der Waals surface area contributed by atoms with Crippen molar-refractivity contribution in [3.8, 4) is 0 Å². The fraction of sp³-hybridized carbons (Fsp3) is 1.00. The van der Waals surface area contributed by atoms with E-state index in [1.54, 1.807) is 0 Å². The van der Waals surface area contributed by atoms with Crippen LogP contribution in [0.5, 0.6) is 0 Å². The predicted molar refractivity (Wildman–Crippen MR) is 75.8 cm³/mol. The second-order valence-electron chi connectivity index (χ2n) is 5.63. The monoisotopic (exact) mass is 312 g/mol. The van der Waals surface area contributed by atoms with Crippen LogP contribution in [0.4, 0.5) is 0 Å². The Labute approximate surface area is 116 Å². The normalized spacial score (nSPS) is 20.0. The molecule has 8 heteroatoms. The Morgan fingerprint density at radius 2 is 1.68 bits per heavy atom. The van der Waals surface area contributed by atoms with Crippen molar-refractivity contribution in [3.05, 3.63) is 0 Å². The highest BCUT2D eigenvalue weighted by atomic mass is 32.2. The molecule has 0 saturated carbocycles. The van der Waals surface area contributed by atoms with Crippen molar-refractivity contribution in [2.24, 2.45) is 11.8 Å². The Bertz CT molecular complexity index is 477. The number of nitrogens with one attached hydrogen (secondary N) is 1. The smallest absolute Gasteiger partial charge is 0.211 e. The van der Waals surface area contributed by atoms with Gasteiger partial charge >= 0.3 is 0 Å². The molecule has 1 fully saturated rings. The van der Waals surface area contributed by atoms with Gasteiger partial charge in [-0.15, -0.1) is 0 Å². The molecule has 0 aromatic carbocycles. The Kier molecular flexibility index (Phi) is 5.78. The van der Waals surface area contributed by atoms with Crippen molar-refractivity contribution in [2.45, 2.75) is 26.7 Å². The van der Waals surface area contributed by atoms with Crippen LogP contribution < -0.4 is 4.72 Å². The topological polar surface area (TPSA) is 83.6 Å². The van der Waals surface area contributed by atoms with E-state index in [4.69, 9.17) is 0 Å². The summed E-state index contributed by atoms with van der Waals surface area (Å²) in [6.45, 7) is 5.10. The molecule has 114 valence electrons. The number of piperidine rings is 1. The number of sulfonamides is 2. The molecule has 1 rings (SSSR count). The van der Waals surface area contributed by atoms with Gasteiger partial charge in [0.05, 0.1) is 12.0 Å². The lowest BCUT2D eigenvalue weighted by molar-refractivity contribution is 0.275. The van der Waals surface area contributed by atoms with Crippen LogP contribution >= 0.6 is 0 Å². The molecule has 1 N–H and O–H groups in total. The standard InChI is InChI=1S/C11H24N2O4S2/c1-10(2)9-19(16,17)12-8-11-4-6-13(7-5-11)18(3,14)15/h10-12H,4-9H2,1-3H3. The molecule has 1 aliphatic heterocycles. The molecule has 0 spiro atoms. The highest BCUT2D eigenvalue weighted by Gasteiger charge is 2.25. The van der Waals surface area contributed by atoms with Crippen molar-refractivity contribution in [2.75, 3.05) is 31.6 Å². The fourth-order valence-electron chi connectivity index (χ4n) is 2.19. The van der Waals surface area contributed by atoms with Crippen LogP contribution in [0.25, 0.3) is 0 Å². The molecule has 0 unspecified atom stereocenters. The molecular formula is C11H24N2O4S2. The second kappa shape index (κ2) is 6.51. The molecule has 0 atom stereocenters. The second-order valence-corrected chi connectivity index (χ2v) is 9.46. The van der Waals surface area contributed by atoms with E-state index in [1.807, 2.05) is 13.8 Å².